The summed E-state index contributed by atoms with van der Waals surface area (Å²) in [6.07, 6.45) is 3.46. The smallest absolute Gasteiger partial charge is 0.265 e. The van der Waals surface area contributed by atoms with Crippen LogP contribution in [0.4, 0.5) is 5.69 Å². The molecule has 3 aromatic rings. The third-order valence-electron chi connectivity index (χ3n) is 3.50. The maximum Gasteiger partial charge on any atom is 0.265 e. The van der Waals surface area contributed by atoms with Gasteiger partial charge in [0.1, 0.15) is 6.61 Å². The summed E-state index contributed by atoms with van der Waals surface area (Å²) in [6, 6.07) is 12.9. The first-order chi connectivity index (χ1) is 12.2. The first-order valence-electron chi connectivity index (χ1n) is 7.73. The van der Waals surface area contributed by atoms with Crippen LogP contribution in [0.5, 0.6) is 11.5 Å². The van der Waals surface area contributed by atoms with E-state index in [1.165, 1.54) is 11.3 Å². The molecule has 0 aliphatic rings. The Kier molecular flexibility index (Phi) is 5.30. The van der Waals surface area contributed by atoms with Crippen LogP contribution in [0.3, 0.4) is 0 Å². The van der Waals surface area contributed by atoms with Crippen molar-refractivity contribution in [3.05, 3.63) is 70.2 Å². The molecule has 0 unspecified atom stereocenters. The minimum Gasteiger partial charge on any atom is -0.493 e. The summed E-state index contributed by atoms with van der Waals surface area (Å²) in [5.41, 5.74) is 1.60. The molecule has 6 heteroatoms. The van der Waals surface area contributed by atoms with Crippen molar-refractivity contribution in [2.45, 2.75) is 13.5 Å². The number of hydrogen-bond acceptors (Lipinski definition) is 5. The normalized spacial score (nSPS) is 10.3. The van der Waals surface area contributed by atoms with E-state index in [2.05, 4.69) is 10.3 Å². The Morgan fingerprint density at radius 1 is 1.20 bits per heavy atom. The zero-order valence-corrected chi connectivity index (χ0v) is 14.8. The lowest BCUT2D eigenvalue weighted by atomic mass is 10.2. The summed E-state index contributed by atoms with van der Waals surface area (Å²) in [7, 11) is 1.58. The van der Waals surface area contributed by atoms with Crippen molar-refractivity contribution in [1.29, 1.82) is 0 Å². The number of carbonyl (C=O) groups is 1. The summed E-state index contributed by atoms with van der Waals surface area (Å²) in [5.74, 6) is 1.03. The van der Waals surface area contributed by atoms with Gasteiger partial charge < -0.3 is 14.8 Å². The quantitative estimate of drug-likeness (QED) is 0.717. The minimum absolute atomic E-state index is 0.138. The summed E-state index contributed by atoms with van der Waals surface area (Å²) in [6.45, 7) is 2.34. The van der Waals surface area contributed by atoms with Crippen molar-refractivity contribution >= 4 is 22.9 Å². The van der Waals surface area contributed by atoms with E-state index in [-0.39, 0.29) is 5.91 Å². The van der Waals surface area contributed by atoms with Crippen LogP contribution in [0.2, 0.25) is 0 Å². The van der Waals surface area contributed by atoms with Gasteiger partial charge in [0.25, 0.3) is 5.91 Å². The van der Waals surface area contributed by atoms with Gasteiger partial charge in [0.2, 0.25) is 0 Å². The fourth-order valence-corrected chi connectivity index (χ4v) is 3.02. The van der Waals surface area contributed by atoms with Crippen LogP contribution in [-0.2, 0) is 6.61 Å². The average Bonchev–Trinajstić information content (AvgIpc) is 3.07. The molecule has 128 valence electrons. The van der Waals surface area contributed by atoms with Crippen molar-refractivity contribution in [2.75, 3.05) is 12.4 Å². The molecule has 1 amide bonds. The number of aryl methyl sites for hydroxylation is 1. The van der Waals surface area contributed by atoms with Crippen LogP contribution in [-0.4, -0.2) is 18.0 Å². The number of nitrogens with zero attached hydrogens (tertiary/aromatic N) is 1. The molecule has 0 atom stereocenters. The topological polar surface area (TPSA) is 60.5 Å². The lowest BCUT2D eigenvalue weighted by Gasteiger charge is -2.13. The second-order valence-electron chi connectivity index (χ2n) is 5.38. The van der Waals surface area contributed by atoms with Gasteiger partial charge in [0, 0.05) is 34.6 Å². The van der Waals surface area contributed by atoms with Crippen LogP contribution in [0.1, 0.15) is 20.1 Å². The number of hydrogen-bond donors (Lipinski definition) is 1. The lowest BCUT2D eigenvalue weighted by molar-refractivity contribution is 0.103. The molecule has 25 heavy (non-hydrogen) atoms. The Morgan fingerprint density at radius 2 is 2.08 bits per heavy atom. The summed E-state index contributed by atoms with van der Waals surface area (Å²) >= 11 is 1.46. The van der Waals surface area contributed by atoms with Crippen molar-refractivity contribution in [3.63, 3.8) is 0 Å². The van der Waals surface area contributed by atoms with Gasteiger partial charge >= 0.3 is 0 Å². The highest BCUT2D eigenvalue weighted by atomic mass is 32.1. The number of methoxy groups -OCH3 is 1. The molecule has 2 heterocycles. The Bertz CT molecular complexity index is 862. The van der Waals surface area contributed by atoms with E-state index in [1.54, 1.807) is 37.7 Å². The SMILES string of the molecule is COc1ccc(NC(=O)c2ccc(C)s2)cc1OCc1cccnc1. The van der Waals surface area contributed by atoms with Crippen molar-refractivity contribution in [1.82, 2.24) is 4.98 Å². The Labute approximate surface area is 150 Å². The van der Waals surface area contributed by atoms with Crippen molar-refractivity contribution in [3.8, 4) is 11.5 Å². The lowest BCUT2D eigenvalue weighted by Crippen LogP contribution is -2.10. The van der Waals surface area contributed by atoms with E-state index in [0.29, 0.717) is 28.7 Å². The summed E-state index contributed by atoms with van der Waals surface area (Å²) < 4.78 is 11.2. The van der Waals surface area contributed by atoms with E-state index in [0.717, 1.165) is 10.4 Å². The first kappa shape index (κ1) is 17.0. The van der Waals surface area contributed by atoms with Crippen LogP contribution in [0.25, 0.3) is 0 Å². The zero-order chi connectivity index (χ0) is 17.6. The van der Waals surface area contributed by atoms with E-state index < -0.39 is 0 Å². The number of rotatable bonds is 6. The predicted octanol–water partition coefficient (Wildman–Crippen LogP) is 4.29. The molecule has 1 aromatic carbocycles. The van der Waals surface area contributed by atoms with Crippen LogP contribution >= 0.6 is 11.3 Å². The standard InChI is InChI=1S/C19H18N2O3S/c1-13-5-8-18(25-13)19(22)21-15-6-7-16(23-2)17(10-15)24-12-14-4-3-9-20-11-14/h3-11H,12H2,1-2H3,(H,21,22). The Balaban J connectivity index is 1.74. The largest absolute Gasteiger partial charge is 0.493 e. The molecular weight excluding hydrogens is 336 g/mol. The number of ether oxygens (including phenoxy) is 2. The average molecular weight is 354 g/mol. The number of benzene rings is 1. The predicted molar refractivity (Wildman–Crippen MR) is 98.6 cm³/mol. The molecule has 2 aromatic heterocycles. The van der Waals surface area contributed by atoms with Gasteiger partial charge in [-0.1, -0.05) is 6.07 Å². The van der Waals surface area contributed by atoms with Gasteiger partial charge in [-0.15, -0.1) is 11.3 Å². The highest BCUT2D eigenvalue weighted by molar-refractivity contribution is 7.14. The number of anilines is 1. The van der Waals surface area contributed by atoms with E-state index in [4.69, 9.17) is 9.47 Å². The molecule has 0 spiro atoms. The van der Waals surface area contributed by atoms with Gasteiger partial charge in [-0.2, -0.15) is 0 Å². The molecule has 3 rings (SSSR count). The monoisotopic (exact) mass is 354 g/mol. The zero-order valence-electron chi connectivity index (χ0n) is 14.0. The van der Waals surface area contributed by atoms with Crippen molar-refractivity contribution < 1.29 is 14.3 Å². The Morgan fingerprint density at radius 3 is 2.76 bits per heavy atom. The molecule has 5 nitrogen and oxygen atoms in total. The fraction of sp³-hybridized carbons (Fsp3) is 0.158. The van der Waals surface area contributed by atoms with Gasteiger partial charge in [0.05, 0.1) is 12.0 Å². The number of pyridine rings is 1. The highest BCUT2D eigenvalue weighted by Gasteiger charge is 2.11. The molecule has 0 saturated heterocycles. The number of carbonyl (C=O) groups excluding carboxylic acids is 1. The first-order valence-corrected chi connectivity index (χ1v) is 8.55. The van der Waals surface area contributed by atoms with Gasteiger partial charge in [0.15, 0.2) is 11.5 Å². The van der Waals surface area contributed by atoms with Gasteiger partial charge in [-0.25, -0.2) is 0 Å². The minimum atomic E-state index is -0.138. The van der Waals surface area contributed by atoms with Crippen LogP contribution in [0.15, 0.2) is 54.9 Å². The Hall–Kier alpha value is -2.86. The number of nitrogens with one attached hydrogen (secondary N) is 1. The molecule has 1 N–H and O–H groups in total. The highest BCUT2D eigenvalue weighted by Crippen LogP contribution is 2.31. The molecule has 0 saturated carbocycles. The number of amides is 1. The maximum absolute atomic E-state index is 12.3. The molecule has 0 fully saturated rings. The summed E-state index contributed by atoms with van der Waals surface area (Å²) in [5, 5.41) is 2.89. The maximum atomic E-state index is 12.3. The van der Waals surface area contributed by atoms with E-state index >= 15 is 0 Å². The number of thiophene rings is 1. The fourth-order valence-electron chi connectivity index (χ4n) is 2.26. The number of aromatic nitrogens is 1. The molecule has 0 bridgehead atoms. The van der Waals surface area contributed by atoms with E-state index in [9.17, 15) is 4.79 Å². The molecular formula is C19H18N2O3S. The molecule has 0 radical (unpaired) electrons. The van der Waals surface area contributed by atoms with Crippen LogP contribution < -0.4 is 14.8 Å². The third-order valence-corrected chi connectivity index (χ3v) is 4.50. The van der Waals surface area contributed by atoms with Crippen LogP contribution in [0, 0.1) is 6.92 Å². The molecule has 0 aliphatic heterocycles. The second kappa shape index (κ2) is 7.81. The van der Waals surface area contributed by atoms with Crippen molar-refractivity contribution in [2.24, 2.45) is 0 Å². The third kappa shape index (κ3) is 4.36. The van der Waals surface area contributed by atoms with E-state index in [1.807, 2.05) is 31.2 Å². The van der Waals surface area contributed by atoms with Gasteiger partial charge in [-0.05, 0) is 37.3 Å². The van der Waals surface area contributed by atoms with Gasteiger partial charge in [-0.3, -0.25) is 9.78 Å². The second-order valence-corrected chi connectivity index (χ2v) is 6.67. The summed E-state index contributed by atoms with van der Waals surface area (Å²) in [4.78, 5) is 18.1. The molecule has 0 aliphatic carbocycles.